The van der Waals surface area contributed by atoms with Gasteiger partial charge in [-0.3, -0.25) is 4.68 Å². The number of nitrogens with zero attached hydrogens (tertiary/aromatic N) is 3. The van der Waals surface area contributed by atoms with Crippen LogP contribution in [0.1, 0.15) is 11.3 Å². The summed E-state index contributed by atoms with van der Waals surface area (Å²) in [7, 11) is 1.92. The number of hydrogen-bond donors (Lipinski definition) is 1. The van der Waals surface area contributed by atoms with Gasteiger partial charge in [-0.1, -0.05) is 0 Å². The Bertz CT molecular complexity index is 762. The minimum Gasteiger partial charge on any atom is -0.381 e. The molecule has 0 aliphatic heterocycles. The predicted octanol–water partition coefficient (Wildman–Crippen LogP) is 3.61. The van der Waals surface area contributed by atoms with Gasteiger partial charge in [-0.2, -0.15) is 5.10 Å². The van der Waals surface area contributed by atoms with Crippen molar-refractivity contribution in [2.75, 3.05) is 11.6 Å². The summed E-state index contributed by atoms with van der Waals surface area (Å²) in [6.07, 6.45) is 3.99. The zero-order chi connectivity index (χ0) is 14.8. The molecular weight excluding hydrogens is 280 g/mol. The lowest BCUT2D eigenvalue weighted by Gasteiger charge is -2.07. The Kier molecular flexibility index (Phi) is 3.84. The number of anilines is 1. The zero-order valence-electron chi connectivity index (χ0n) is 12.4. The highest BCUT2D eigenvalue weighted by molar-refractivity contribution is 7.98. The summed E-state index contributed by atoms with van der Waals surface area (Å²) in [6.45, 7) is 2.78. The molecule has 0 unspecified atom stereocenters. The summed E-state index contributed by atoms with van der Waals surface area (Å²) in [5, 5.41) is 8.95. The van der Waals surface area contributed by atoms with Crippen molar-refractivity contribution in [2.45, 2.75) is 18.4 Å². The maximum atomic E-state index is 4.50. The second-order valence-corrected chi connectivity index (χ2v) is 5.89. The van der Waals surface area contributed by atoms with E-state index in [9.17, 15) is 0 Å². The monoisotopic (exact) mass is 298 g/mol. The van der Waals surface area contributed by atoms with Crippen LogP contribution in [0, 0.1) is 6.92 Å². The molecule has 0 atom stereocenters. The summed E-state index contributed by atoms with van der Waals surface area (Å²) in [6, 6.07) is 10.6. The van der Waals surface area contributed by atoms with Gasteiger partial charge >= 0.3 is 0 Å². The van der Waals surface area contributed by atoms with E-state index in [1.807, 2.05) is 24.9 Å². The minimum atomic E-state index is 0.760. The maximum Gasteiger partial charge on any atom is 0.157 e. The van der Waals surface area contributed by atoms with Crippen LogP contribution in [0.25, 0.3) is 11.0 Å². The molecule has 0 saturated heterocycles. The highest BCUT2D eigenvalue weighted by Gasteiger charge is 2.06. The summed E-state index contributed by atoms with van der Waals surface area (Å²) in [5.41, 5.74) is 4.23. The van der Waals surface area contributed by atoms with Crippen LogP contribution in [0.4, 0.5) is 5.69 Å². The molecule has 0 amide bonds. The third-order valence-corrected chi connectivity index (χ3v) is 4.25. The quantitative estimate of drug-likeness (QED) is 0.747. The third-order valence-electron chi connectivity index (χ3n) is 3.51. The average Bonchev–Trinajstić information content (AvgIpc) is 2.80. The van der Waals surface area contributed by atoms with E-state index in [4.69, 9.17) is 0 Å². The zero-order valence-corrected chi connectivity index (χ0v) is 13.2. The fourth-order valence-corrected chi connectivity index (χ4v) is 2.77. The molecule has 0 spiro atoms. The van der Waals surface area contributed by atoms with E-state index in [1.54, 1.807) is 11.8 Å². The molecule has 3 aromatic rings. The largest absolute Gasteiger partial charge is 0.381 e. The molecule has 21 heavy (non-hydrogen) atoms. The minimum absolute atomic E-state index is 0.760. The first-order valence-electron chi connectivity index (χ1n) is 6.83. The van der Waals surface area contributed by atoms with Crippen molar-refractivity contribution in [1.29, 1.82) is 0 Å². The van der Waals surface area contributed by atoms with Crippen molar-refractivity contribution in [3.05, 3.63) is 47.8 Å². The van der Waals surface area contributed by atoms with Crippen molar-refractivity contribution in [1.82, 2.24) is 14.8 Å². The van der Waals surface area contributed by atoms with Crippen LogP contribution in [-0.2, 0) is 13.6 Å². The fraction of sp³-hybridized carbons (Fsp3) is 0.250. The molecule has 0 aliphatic carbocycles. The van der Waals surface area contributed by atoms with Gasteiger partial charge in [0, 0.05) is 35.8 Å². The summed E-state index contributed by atoms with van der Waals surface area (Å²) in [4.78, 5) is 5.77. The standard InChI is InChI=1S/C16H18N4S/c1-11-15-8-12(10-18-16(15)20(2)19-11)9-17-13-4-6-14(21-3)7-5-13/h4-8,10,17H,9H2,1-3H3. The van der Waals surface area contributed by atoms with Crippen molar-refractivity contribution in [2.24, 2.45) is 7.05 Å². The first-order valence-corrected chi connectivity index (χ1v) is 8.06. The number of thioether (sulfide) groups is 1. The van der Waals surface area contributed by atoms with Gasteiger partial charge in [0.15, 0.2) is 5.65 Å². The molecule has 3 rings (SSSR count). The van der Waals surface area contributed by atoms with E-state index in [0.29, 0.717) is 0 Å². The number of nitrogens with one attached hydrogen (secondary N) is 1. The molecule has 108 valence electrons. The first-order chi connectivity index (χ1) is 10.2. The lowest BCUT2D eigenvalue weighted by atomic mass is 10.2. The molecule has 1 N–H and O–H groups in total. The van der Waals surface area contributed by atoms with E-state index in [2.05, 4.69) is 52.0 Å². The molecule has 5 heteroatoms. The molecule has 2 aromatic heterocycles. The van der Waals surface area contributed by atoms with Crippen LogP contribution in [-0.4, -0.2) is 21.0 Å². The molecule has 0 bridgehead atoms. The summed E-state index contributed by atoms with van der Waals surface area (Å²) in [5.74, 6) is 0. The van der Waals surface area contributed by atoms with E-state index >= 15 is 0 Å². The Hall–Kier alpha value is -2.01. The highest BCUT2D eigenvalue weighted by atomic mass is 32.2. The Morgan fingerprint density at radius 3 is 2.71 bits per heavy atom. The predicted molar refractivity (Wildman–Crippen MR) is 88.8 cm³/mol. The third kappa shape index (κ3) is 2.88. The van der Waals surface area contributed by atoms with E-state index in [-0.39, 0.29) is 0 Å². The van der Waals surface area contributed by atoms with Crippen LogP contribution >= 0.6 is 11.8 Å². The molecule has 1 aromatic carbocycles. The van der Waals surface area contributed by atoms with Gasteiger partial charge in [0.2, 0.25) is 0 Å². The van der Waals surface area contributed by atoms with Gasteiger partial charge in [-0.05, 0) is 49.1 Å². The Labute approximate surface area is 128 Å². The number of pyridine rings is 1. The number of aromatic nitrogens is 3. The maximum absolute atomic E-state index is 4.50. The lowest BCUT2D eigenvalue weighted by molar-refractivity contribution is 0.773. The highest BCUT2D eigenvalue weighted by Crippen LogP contribution is 2.19. The van der Waals surface area contributed by atoms with Crippen molar-refractivity contribution < 1.29 is 0 Å². The van der Waals surface area contributed by atoms with Crippen LogP contribution < -0.4 is 5.32 Å². The molecule has 0 aliphatic rings. The second-order valence-electron chi connectivity index (χ2n) is 5.01. The van der Waals surface area contributed by atoms with Gasteiger partial charge in [-0.15, -0.1) is 11.8 Å². The van der Waals surface area contributed by atoms with Crippen molar-refractivity contribution in [3.8, 4) is 0 Å². The normalized spacial score (nSPS) is 11.0. The molecule has 0 radical (unpaired) electrons. The first kappa shape index (κ1) is 13.9. The van der Waals surface area contributed by atoms with Gasteiger partial charge in [-0.25, -0.2) is 4.98 Å². The number of benzene rings is 1. The van der Waals surface area contributed by atoms with Crippen molar-refractivity contribution in [3.63, 3.8) is 0 Å². The van der Waals surface area contributed by atoms with Gasteiger partial charge in [0.25, 0.3) is 0 Å². The van der Waals surface area contributed by atoms with Gasteiger partial charge in [0.05, 0.1) is 5.69 Å². The molecule has 0 saturated carbocycles. The fourth-order valence-electron chi connectivity index (χ4n) is 2.36. The number of rotatable bonds is 4. The van der Waals surface area contributed by atoms with Gasteiger partial charge < -0.3 is 5.32 Å². The van der Waals surface area contributed by atoms with Gasteiger partial charge in [0.1, 0.15) is 0 Å². The SMILES string of the molecule is CSc1ccc(NCc2cnc3c(c2)c(C)nn3C)cc1. The Balaban J connectivity index is 1.76. The number of fused-ring (bicyclic) bond motifs is 1. The van der Waals surface area contributed by atoms with Crippen molar-refractivity contribution >= 4 is 28.5 Å². The average molecular weight is 298 g/mol. The topological polar surface area (TPSA) is 42.7 Å². The number of aryl methyl sites for hydroxylation is 2. The summed E-state index contributed by atoms with van der Waals surface area (Å²) < 4.78 is 1.82. The smallest absolute Gasteiger partial charge is 0.157 e. The van der Waals surface area contributed by atoms with E-state index < -0.39 is 0 Å². The van der Waals surface area contributed by atoms with Crippen LogP contribution in [0.5, 0.6) is 0 Å². The Morgan fingerprint density at radius 1 is 1.24 bits per heavy atom. The number of hydrogen-bond acceptors (Lipinski definition) is 4. The second kappa shape index (κ2) is 5.77. The van der Waals surface area contributed by atoms with E-state index in [1.165, 1.54) is 4.90 Å². The van der Waals surface area contributed by atoms with Crippen LogP contribution in [0.3, 0.4) is 0 Å². The lowest BCUT2D eigenvalue weighted by Crippen LogP contribution is -2.00. The van der Waals surface area contributed by atoms with Crippen LogP contribution in [0.15, 0.2) is 41.4 Å². The molecule has 0 fully saturated rings. The molecular formula is C16H18N4S. The Morgan fingerprint density at radius 2 is 2.00 bits per heavy atom. The molecule has 2 heterocycles. The molecule has 4 nitrogen and oxygen atoms in total. The van der Waals surface area contributed by atoms with Crippen LogP contribution in [0.2, 0.25) is 0 Å². The van der Waals surface area contributed by atoms with E-state index in [0.717, 1.165) is 34.5 Å². The summed E-state index contributed by atoms with van der Waals surface area (Å²) >= 11 is 1.75.